The molecule has 6 heteroatoms. The quantitative estimate of drug-likeness (QED) is 0.119. The molecule has 0 spiro atoms. The van der Waals surface area contributed by atoms with E-state index in [1.807, 2.05) is 0 Å². The molecule has 182 valence electrons. The molecule has 0 heterocycles. The molecule has 0 aromatic carbocycles. The predicted octanol–water partition coefficient (Wildman–Crippen LogP) is 8.18. The van der Waals surface area contributed by atoms with Crippen molar-refractivity contribution in [1.82, 2.24) is 0 Å². The van der Waals surface area contributed by atoms with Gasteiger partial charge in [-0.05, 0) is 0 Å². The van der Waals surface area contributed by atoms with Crippen molar-refractivity contribution in [3.8, 4) is 0 Å². The molecule has 0 atom stereocenters. The Morgan fingerprint density at radius 2 is 0.867 bits per heavy atom. The van der Waals surface area contributed by atoms with Gasteiger partial charge in [-0.25, -0.2) is 0 Å². The molecule has 0 radical (unpaired) electrons. The first-order chi connectivity index (χ1) is 14.1. The molecule has 0 rings (SSSR count). The Morgan fingerprint density at radius 1 is 0.567 bits per heavy atom. The van der Waals surface area contributed by atoms with Crippen LogP contribution in [0, 0.1) is 17.8 Å². The first-order valence-electron chi connectivity index (χ1n) is 12.8. The zero-order valence-electron chi connectivity index (χ0n) is 21.9. The van der Waals surface area contributed by atoms with Crippen LogP contribution in [-0.4, -0.2) is 28.1 Å². The van der Waals surface area contributed by atoms with E-state index in [2.05, 4.69) is 62.3 Å². The summed E-state index contributed by atoms with van der Waals surface area (Å²) in [4.78, 5) is 0. The summed E-state index contributed by atoms with van der Waals surface area (Å²) in [6, 6.07) is 3.48. The molecule has 30 heavy (non-hydrogen) atoms. The monoisotopic (exact) mass is 524 g/mol. The molecule has 0 aliphatic heterocycles. The summed E-state index contributed by atoms with van der Waals surface area (Å²) in [6.45, 7) is 22.7. The minimum atomic E-state index is -4.12. The summed E-state index contributed by atoms with van der Waals surface area (Å²) in [7, 11) is -2.08. The summed E-state index contributed by atoms with van der Waals surface area (Å²) in [6.07, 6.45) is 6.42. The third-order valence-corrected chi connectivity index (χ3v) is 19.5. The van der Waals surface area contributed by atoms with Crippen LogP contribution in [0.1, 0.15) is 101 Å². The molecule has 0 aromatic rings. The van der Waals surface area contributed by atoms with Crippen molar-refractivity contribution in [1.29, 1.82) is 0 Å². The van der Waals surface area contributed by atoms with E-state index in [9.17, 15) is 0 Å². The standard InChI is InChI=1S/C12H27OSi.3C4H9O.Zr/c1-10(2)7-14(13,8-11(3)4)9-12(5)6;3*1-2-3-4-5;/h10-12H,7-9H2,1-6H3;3*2-4H2,1H3;/q4*-1;+4. The molecule has 0 bridgehead atoms. The molecule has 4 nitrogen and oxygen atoms in total. The van der Waals surface area contributed by atoms with Crippen molar-refractivity contribution in [2.45, 2.75) is 119 Å². The van der Waals surface area contributed by atoms with Crippen molar-refractivity contribution >= 4 is 8.32 Å². The molecule has 0 unspecified atom stereocenters. The normalized spacial score (nSPS) is 13.2. The second-order valence-corrected chi connectivity index (χ2v) is 20.1. The van der Waals surface area contributed by atoms with Gasteiger partial charge in [-0.1, -0.05) is 0 Å². The van der Waals surface area contributed by atoms with Crippen molar-refractivity contribution < 1.29 is 33.0 Å². The average Bonchev–Trinajstić information content (AvgIpc) is 2.60. The summed E-state index contributed by atoms with van der Waals surface area (Å²) in [5.74, 6) is 1.83. The van der Waals surface area contributed by atoms with Gasteiger partial charge in [0.1, 0.15) is 0 Å². The zero-order valence-corrected chi connectivity index (χ0v) is 25.3. The van der Waals surface area contributed by atoms with E-state index in [0.717, 1.165) is 56.7 Å². The van der Waals surface area contributed by atoms with Gasteiger partial charge in [-0.3, -0.25) is 0 Å². The molecule has 0 N–H and O–H groups in total. The Balaban J connectivity index is 5.97. The van der Waals surface area contributed by atoms with Gasteiger partial charge < -0.3 is 0 Å². The Labute approximate surface area is 197 Å². The van der Waals surface area contributed by atoms with Crippen molar-refractivity contribution in [3.05, 3.63) is 0 Å². The second kappa shape index (κ2) is 17.4. The summed E-state index contributed by atoms with van der Waals surface area (Å²) < 4.78 is 26.9. The Bertz CT molecular complexity index is 352. The Hall–Kier alpha value is 0.940. The van der Waals surface area contributed by atoms with Crippen LogP contribution in [0.15, 0.2) is 0 Å². The van der Waals surface area contributed by atoms with Gasteiger partial charge in [0.05, 0.1) is 0 Å². The van der Waals surface area contributed by atoms with Crippen LogP contribution in [-0.2, 0) is 33.0 Å². The van der Waals surface area contributed by atoms with E-state index in [1.54, 1.807) is 0 Å². The fourth-order valence-corrected chi connectivity index (χ4v) is 20.6. The molecule has 0 aliphatic carbocycles. The molecule has 0 amide bonds. The van der Waals surface area contributed by atoms with Crippen LogP contribution in [0.3, 0.4) is 0 Å². The maximum atomic E-state index is 7.28. The van der Waals surface area contributed by atoms with Crippen LogP contribution in [0.5, 0.6) is 0 Å². The molecule has 0 aromatic heterocycles. The molecule has 0 saturated heterocycles. The Kier molecular flexibility index (Phi) is 18.0. The van der Waals surface area contributed by atoms with Gasteiger partial charge in [0.2, 0.25) is 0 Å². The topological polar surface area (TPSA) is 36.9 Å². The summed E-state index contributed by atoms with van der Waals surface area (Å²) in [5.41, 5.74) is 0. The van der Waals surface area contributed by atoms with Crippen molar-refractivity contribution in [2.75, 3.05) is 19.8 Å². The predicted molar refractivity (Wildman–Crippen MR) is 128 cm³/mol. The van der Waals surface area contributed by atoms with E-state index in [1.165, 1.54) is 0 Å². The zero-order chi connectivity index (χ0) is 23.0. The first-order valence-corrected chi connectivity index (χ1v) is 19.3. The molecule has 0 aliphatic rings. The fraction of sp³-hybridized carbons (Fsp3) is 1.00. The minimum absolute atomic E-state index is 0.611. The molecular weight excluding hydrogens is 472 g/mol. The van der Waals surface area contributed by atoms with Crippen LogP contribution in [0.4, 0.5) is 0 Å². The average molecular weight is 526 g/mol. The summed E-state index contributed by atoms with van der Waals surface area (Å²) >= 11 is -4.12. The fourth-order valence-electron chi connectivity index (χ4n) is 4.11. The SMILES string of the molecule is CCCC[O][Zr]([O]CCCC)([O]CCCC)[O][Si](CC(C)C)(CC(C)C)CC(C)C. The second-order valence-electron chi connectivity index (χ2n) is 10.2. The molecular formula is C24H54O4SiZr. The van der Waals surface area contributed by atoms with E-state index in [-0.39, 0.29) is 0 Å². The van der Waals surface area contributed by atoms with E-state index in [4.69, 9.17) is 10.9 Å². The van der Waals surface area contributed by atoms with Gasteiger partial charge in [-0.2, -0.15) is 0 Å². The van der Waals surface area contributed by atoms with Crippen LogP contribution >= 0.6 is 0 Å². The third kappa shape index (κ3) is 14.2. The third-order valence-electron chi connectivity index (χ3n) is 5.01. The van der Waals surface area contributed by atoms with Crippen molar-refractivity contribution in [2.24, 2.45) is 17.8 Å². The van der Waals surface area contributed by atoms with Gasteiger partial charge in [0, 0.05) is 0 Å². The van der Waals surface area contributed by atoms with Gasteiger partial charge in [-0.15, -0.1) is 0 Å². The Morgan fingerprint density at radius 3 is 1.10 bits per heavy atom. The summed E-state index contributed by atoms with van der Waals surface area (Å²) in [5, 5.41) is 0. The van der Waals surface area contributed by atoms with E-state index < -0.39 is 30.3 Å². The maximum absolute atomic E-state index is 7.28. The van der Waals surface area contributed by atoms with E-state index in [0.29, 0.717) is 37.6 Å². The van der Waals surface area contributed by atoms with E-state index >= 15 is 0 Å². The van der Waals surface area contributed by atoms with Gasteiger partial charge in [0.15, 0.2) is 0 Å². The van der Waals surface area contributed by atoms with Crippen molar-refractivity contribution in [3.63, 3.8) is 0 Å². The van der Waals surface area contributed by atoms with Crippen LogP contribution in [0.2, 0.25) is 18.1 Å². The molecule has 0 fully saturated rings. The van der Waals surface area contributed by atoms with Crippen LogP contribution < -0.4 is 0 Å². The van der Waals surface area contributed by atoms with Gasteiger partial charge in [0.25, 0.3) is 0 Å². The van der Waals surface area contributed by atoms with Crippen LogP contribution in [0.25, 0.3) is 0 Å². The number of unbranched alkanes of at least 4 members (excludes halogenated alkanes) is 3. The number of hydrogen-bond donors (Lipinski definition) is 0. The number of hydrogen-bond acceptors (Lipinski definition) is 4. The van der Waals surface area contributed by atoms with Gasteiger partial charge >= 0.3 is 198 Å². The molecule has 0 saturated carbocycles. The number of rotatable bonds is 20. The first kappa shape index (κ1) is 30.9.